The summed E-state index contributed by atoms with van der Waals surface area (Å²) in [6.07, 6.45) is 0. The van der Waals surface area contributed by atoms with Gasteiger partial charge in [-0.2, -0.15) is 0 Å². The molecule has 130 valence electrons. The van der Waals surface area contributed by atoms with Crippen LogP contribution in [0.15, 0.2) is 24.3 Å². The van der Waals surface area contributed by atoms with Gasteiger partial charge in [-0.1, -0.05) is 23.2 Å². The van der Waals surface area contributed by atoms with Crippen LogP contribution in [0.1, 0.15) is 21.9 Å². The summed E-state index contributed by atoms with van der Waals surface area (Å²) in [6, 6.07) is 6.72. The molecule has 6 nitrogen and oxygen atoms in total. The number of pyridine rings is 1. The molecule has 0 radical (unpaired) electrons. The quantitative estimate of drug-likeness (QED) is 0.746. The number of benzene rings is 1. The highest BCUT2D eigenvalue weighted by Gasteiger charge is 2.15. The number of anilines is 1. The van der Waals surface area contributed by atoms with Crippen molar-refractivity contribution in [3.05, 3.63) is 51.4 Å². The van der Waals surface area contributed by atoms with Crippen LogP contribution in [0.3, 0.4) is 0 Å². The summed E-state index contributed by atoms with van der Waals surface area (Å²) in [5.74, 6) is -0.353. The molecule has 2 aromatic heterocycles. The number of aromatic carboxylic acids is 1. The first-order chi connectivity index (χ1) is 11.8. The first-order valence-electron chi connectivity index (χ1n) is 7.50. The Balaban J connectivity index is 2.12. The number of nitrogens with zero attached hydrogens (tertiary/aromatic N) is 4. The van der Waals surface area contributed by atoms with Gasteiger partial charge in [-0.15, -0.1) is 0 Å². The van der Waals surface area contributed by atoms with Gasteiger partial charge < -0.3 is 14.6 Å². The SMILES string of the molecule is Cc1nc2ccc(C(=O)O)nc2n1Cc1cc(N(C)C)c(Cl)cc1Cl. The van der Waals surface area contributed by atoms with Crippen LogP contribution in [-0.4, -0.2) is 39.7 Å². The molecule has 1 N–H and O–H groups in total. The minimum atomic E-state index is -1.08. The third kappa shape index (κ3) is 3.27. The predicted octanol–water partition coefficient (Wildman–Crippen LogP) is 3.86. The lowest BCUT2D eigenvalue weighted by Gasteiger charge is -2.17. The highest BCUT2D eigenvalue weighted by Crippen LogP contribution is 2.32. The molecule has 0 fully saturated rings. The number of imidazole rings is 1. The lowest BCUT2D eigenvalue weighted by atomic mass is 10.2. The molecule has 0 unspecified atom stereocenters. The molecular weight excluding hydrogens is 363 g/mol. The van der Waals surface area contributed by atoms with E-state index in [9.17, 15) is 9.90 Å². The first kappa shape index (κ1) is 17.5. The molecule has 0 amide bonds. The van der Waals surface area contributed by atoms with E-state index in [2.05, 4.69) is 9.97 Å². The number of aryl methyl sites for hydroxylation is 1. The molecule has 2 heterocycles. The summed E-state index contributed by atoms with van der Waals surface area (Å²) < 4.78 is 1.84. The smallest absolute Gasteiger partial charge is 0.354 e. The van der Waals surface area contributed by atoms with Crippen molar-refractivity contribution in [2.75, 3.05) is 19.0 Å². The van der Waals surface area contributed by atoms with Crippen molar-refractivity contribution in [2.45, 2.75) is 13.5 Å². The van der Waals surface area contributed by atoms with Gasteiger partial charge in [-0.05, 0) is 36.8 Å². The molecule has 1 aromatic carbocycles. The zero-order chi connectivity index (χ0) is 18.3. The monoisotopic (exact) mass is 378 g/mol. The van der Waals surface area contributed by atoms with Gasteiger partial charge in [-0.25, -0.2) is 14.8 Å². The van der Waals surface area contributed by atoms with Gasteiger partial charge in [0, 0.05) is 19.1 Å². The zero-order valence-corrected chi connectivity index (χ0v) is 15.4. The van der Waals surface area contributed by atoms with Gasteiger partial charge in [0.2, 0.25) is 0 Å². The third-order valence-electron chi connectivity index (χ3n) is 3.93. The highest BCUT2D eigenvalue weighted by molar-refractivity contribution is 6.36. The van der Waals surface area contributed by atoms with Crippen molar-refractivity contribution in [3.63, 3.8) is 0 Å². The molecule has 0 saturated heterocycles. The Labute approximate surface area is 154 Å². The Morgan fingerprint density at radius 1 is 1.20 bits per heavy atom. The Bertz CT molecular complexity index is 982. The molecule has 0 aliphatic rings. The van der Waals surface area contributed by atoms with Gasteiger partial charge in [0.1, 0.15) is 11.3 Å². The lowest BCUT2D eigenvalue weighted by Crippen LogP contribution is -2.11. The number of hydrogen-bond donors (Lipinski definition) is 1. The topological polar surface area (TPSA) is 71.2 Å². The lowest BCUT2D eigenvalue weighted by molar-refractivity contribution is 0.0691. The number of carboxylic acids is 1. The third-order valence-corrected chi connectivity index (χ3v) is 4.58. The fraction of sp³-hybridized carbons (Fsp3) is 0.235. The van der Waals surface area contributed by atoms with Gasteiger partial charge in [0.05, 0.1) is 17.3 Å². The first-order valence-corrected chi connectivity index (χ1v) is 8.26. The van der Waals surface area contributed by atoms with Crippen molar-refractivity contribution >= 4 is 46.0 Å². The molecule has 25 heavy (non-hydrogen) atoms. The fourth-order valence-corrected chi connectivity index (χ4v) is 3.25. The number of carbonyl (C=O) groups is 1. The molecule has 0 aliphatic heterocycles. The molecule has 0 saturated carbocycles. The summed E-state index contributed by atoms with van der Waals surface area (Å²) in [7, 11) is 3.80. The maximum absolute atomic E-state index is 11.2. The van der Waals surface area contributed by atoms with Crippen molar-refractivity contribution in [2.24, 2.45) is 0 Å². The van der Waals surface area contributed by atoms with E-state index in [0.29, 0.717) is 27.8 Å². The number of aromatic nitrogens is 3. The summed E-state index contributed by atoms with van der Waals surface area (Å²) in [5, 5.41) is 10.3. The van der Waals surface area contributed by atoms with Gasteiger partial charge in [0.25, 0.3) is 0 Å². The second-order valence-corrected chi connectivity index (χ2v) is 6.69. The molecule has 8 heteroatoms. The molecule has 0 spiro atoms. The van der Waals surface area contributed by atoms with E-state index in [1.807, 2.05) is 36.6 Å². The van der Waals surface area contributed by atoms with E-state index in [-0.39, 0.29) is 5.69 Å². The molecule has 0 bridgehead atoms. The van der Waals surface area contributed by atoms with Crippen molar-refractivity contribution < 1.29 is 9.90 Å². The minimum Gasteiger partial charge on any atom is -0.477 e. The number of carboxylic acid groups (broad SMARTS) is 1. The Kier molecular flexibility index (Phi) is 4.58. The summed E-state index contributed by atoms with van der Waals surface area (Å²) in [5.41, 5.74) is 2.82. The van der Waals surface area contributed by atoms with Crippen LogP contribution in [0.5, 0.6) is 0 Å². The molecule has 3 aromatic rings. The fourth-order valence-electron chi connectivity index (χ4n) is 2.64. The van der Waals surface area contributed by atoms with Crippen molar-refractivity contribution in [3.8, 4) is 0 Å². The Morgan fingerprint density at radius 2 is 1.92 bits per heavy atom. The molecule has 3 rings (SSSR count). The van der Waals surface area contributed by atoms with Gasteiger partial charge in [0.15, 0.2) is 11.3 Å². The molecule has 0 aliphatic carbocycles. The largest absolute Gasteiger partial charge is 0.477 e. The Hall–Kier alpha value is -2.31. The van der Waals surface area contributed by atoms with E-state index in [4.69, 9.17) is 23.2 Å². The minimum absolute atomic E-state index is 0.0233. The number of fused-ring (bicyclic) bond motifs is 1. The van der Waals surface area contributed by atoms with Crippen LogP contribution in [0, 0.1) is 6.92 Å². The van der Waals surface area contributed by atoms with E-state index in [0.717, 1.165) is 17.1 Å². The average Bonchev–Trinajstić information content (AvgIpc) is 2.84. The van der Waals surface area contributed by atoms with Crippen LogP contribution in [0.25, 0.3) is 11.2 Å². The van der Waals surface area contributed by atoms with Gasteiger partial charge >= 0.3 is 5.97 Å². The Morgan fingerprint density at radius 3 is 2.56 bits per heavy atom. The van der Waals surface area contributed by atoms with E-state index >= 15 is 0 Å². The second-order valence-electron chi connectivity index (χ2n) is 5.88. The van der Waals surface area contributed by atoms with E-state index < -0.39 is 5.97 Å². The second kappa shape index (κ2) is 6.54. The zero-order valence-electron chi connectivity index (χ0n) is 13.9. The normalized spacial score (nSPS) is 11.1. The molecule has 0 atom stereocenters. The number of hydrogen-bond acceptors (Lipinski definition) is 4. The number of rotatable bonds is 4. The summed E-state index contributed by atoms with van der Waals surface area (Å²) in [4.78, 5) is 21.8. The van der Waals surface area contributed by atoms with Crippen LogP contribution >= 0.6 is 23.2 Å². The van der Waals surface area contributed by atoms with Crippen molar-refractivity contribution in [1.82, 2.24) is 14.5 Å². The van der Waals surface area contributed by atoms with E-state index in [1.165, 1.54) is 6.07 Å². The summed E-state index contributed by atoms with van der Waals surface area (Å²) in [6.45, 7) is 2.26. The van der Waals surface area contributed by atoms with E-state index in [1.54, 1.807) is 12.1 Å². The highest BCUT2D eigenvalue weighted by atomic mass is 35.5. The van der Waals surface area contributed by atoms with Crippen LogP contribution in [-0.2, 0) is 6.54 Å². The van der Waals surface area contributed by atoms with Crippen molar-refractivity contribution in [1.29, 1.82) is 0 Å². The average molecular weight is 379 g/mol. The standard InChI is InChI=1S/C17H16Cl2N4O2/c1-9-20-13-4-5-14(17(24)25)21-16(13)23(9)8-10-6-15(22(2)3)12(19)7-11(10)18/h4-7H,8H2,1-3H3,(H,24,25). The van der Waals surface area contributed by atoms with Crippen LogP contribution < -0.4 is 4.90 Å². The van der Waals surface area contributed by atoms with Crippen LogP contribution in [0.2, 0.25) is 10.0 Å². The summed E-state index contributed by atoms with van der Waals surface area (Å²) >= 11 is 12.6. The van der Waals surface area contributed by atoms with Crippen LogP contribution in [0.4, 0.5) is 5.69 Å². The maximum Gasteiger partial charge on any atom is 0.354 e. The number of halogens is 2. The maximum atomic E-state index is 11.2. The molecular formula is C17H16Cl2N4O2. The predicted molar refractivity (Wildman–Crippen MR) is 99.1 cm³/mol. The van der Waals surface area contributed by atoms with Gasteiger partial charge in [-0.3, -0.25) is 0 Å².